The van der Waals surface area contributed by atoms with Gasteiger partial charge in [0.2, 0.25) is 0 Å². The lowest BCUT2D eigenvalue weighted by atomic mass is 9.99. The summed E-state index contributed by atoms with van der Waals surface area (Å²) in [6, 6.07) is 0.326. The molecule has 0 saturated heterocycles. The molecule has 0 aromatic carbocycles. The molecule has 0 aliphatic rings. The van der Waals surface area contributed by atoms with Crippen molar-refractivity contribution < 1.29 is 4.74 Å². The van der Waals surface area contributed by atoms with Crippen LogP contribution in [-0.2, 0) is 4.74 Å². The van der Waals surface area contributed by atoms with Crippen LogP contribution in [0.25, 0.3) is 0 Å². The summed E-state index contributed by atoms with van der Waals surface area (Å²) in [7, 11) is 1.74. The van der Waals surface area contributed by atoms with E-state index >= 15 is 0 Å². The van der Waals surface area contributed by atoms with Crippen molar-refractivity contribution in [1.82, 2.24) is 0 Å². The maximum atomic E-state index is 5.86. The van der Waals surface area contributed by atoms with Crippen molar-refractivity contribution in [2.75, 3.05) is 7.11 Å². The summed E-state index contributed by atoms with van der Waals surface area (Å²) in [6.07, 6.45) is 2.47. The zero-order chi connectivity index (χ0) is 8.85. The van der Waals surface area contributed by atoms with Crippen LogP contribution in [0.2, 0.25) is 0 Å². The summed E-state index contributed by atoms with van der Waals surface area (Å²) in [4.78, 5) is 0. The van der Waals surface area contributed by atoms with Crippen LogP contribution in [0.4, 0.5) is 0 Å². The first-order chi connectivity index (χ1) is 5.07. The van der Waals surface area contributed by atoms with Gasteiger partial charge in [0.1, 0.15) is 0 Å². The lowest BCUT2D eigenvalue weighted by Crippen LogP contribution is -2.27. The van der Waals surface area contributed by atoms with E-state index < -0.39 is 0 Å². The third kappa shape index (κ3) is 5.22. The van der Waals surface area contributed by atoms with Crippen LogP contribution in [0.3, 0.4) is 0 Å². The Morgan fingerprint density at radius 1 is 1.18 bits per heavy atom. The molecule has 0 aliphatic carbocycles. The van der Waals surface area contributed by atoms with Crippen LogP contribution >= 0.6 is 0 Å². The Morgan fingerprint density at radius 3 is 2.09 bits per heavy atom. The second-order valence-corrected chi connectivity index (χ2v) is 3.53. The van der Waals surface area contributed by atoms with Crippen LogP contribution in [0.5, 0.6) is 0 Å². The van der Waals surface area contributed by atoms with E-state index in [2.05, 4.69) is 20.8 Å². The number of nitrogens with two attached hydrogens (primary N) is 1. The number of ether oxygens (including phenoxy) is 1. The molecule has 0 aliphatic heterocycles. The monoisotopic (exact) mass is 159 g/mol. The zero-order valence-electron chi connectivity index (χ0n) is 8.13. The number of hydrogen-bond donors (Lipinski definition) is 1. The molecule has 0 amide bonds. The lowest BCUT2D eigenvalue weighted by Gasteiger charge is -2.17. The Balaban J connectivity index is 3.37. The molecule has 2 nitrogen and oxygen atoms in total. The summed E-state index contributed by atoms with van der Waals surface area (Å²) in [6.45, 7) is 6.39. The van der Waals surface area contributed by atoms with Crippen molar-refractivity contribution in [3.05, 3.63) is 0 Å². The van der Waals surface area contributed by atoms with Crippen molar-refractivity contribution >= 4 is 0 Å². The molecule has 0 aromatic rings. The molecule has 2 unspecified atom stereocenters. The van der Waals surface area contributed by atoms with E-state index in [-0.39, 0.29) is 0 Å². The zero-order valence-corrected chi connectivity index (χ0v) is 8.13. The van der Waals surface area contributed by atoms with Gasteiger partial charge < -0.3 is 10.5 Å². The van der Waals surface area contributed by atoms with Gasteiger partial charge in [-0.2, -0.15) is 0 Å². The maximum absolute atomic E-state index is 5.86. The summed E-state index contributed by atoms with van der Waals surface area (Å²) >= 11 is 0. The van der Waals surface area contributed by atoms with Crippen molar-refractivity contribution in [2.24, 2.45) is 11.7 Å². The van der Waals surface area contributed by atoms with E-state index in [1.165, 1.54) is 0 Å². The molecule has 0 saturated carbocycles. The molecule has 2 heteroatoms. The first-order valence-electron chi connectivity index (χ1n) is 4.36. The van der Waals surface area contributed by atoms with Gasteiger partial charge in [-0.25, -0.2) is 0 Å². The maximum Gasteiger partial charge on any atom is 0.0543 e. The van der Waals surface area contributed by atoms with E-state index in [4.69, 9.17) is 10.5 Å². The second kappa shape index (κ2) is 5.56. The topological polar surface area (TPSA) is 35.2 Å². The number of hydrogen-bond acceptors (Lipinski definition) is 2. The van der Waals surface area contributed by atoms with Crippen molar-refractivity contribution in [3.63, 3.8) is 0 Å². The molecule has 68 valence electrons. The van der Waals surface area contributed by atoms with Crippen LogP contribution < -0.4 is 5.73 Å². The van der Waals surface area contributed by atoms with Gasteiger partial charge in [-0.05, 0) is 25.7 Å². The van der Waals surface area contributed by atoms with E-state index in [1.807, 2.05) is 0 Å². The van der Waals surface area contributed by atoms with E-state index in [0.29, 0.717) is 18.1 Å². The predicted octanol–water partition coefficient (Wildman–Crippen LogP) is 1.78. The SMILES string of the molecule is COC(C)CCC(N)C(C)C. The minimum atomic E-state index is 0.326. The molecule has 2 atom stereocenters. The van der Waals surface area contributed by atoms with Crippen molar-refractivity contribution in [3.8, 4) is 0 Å². The first-order valence-corrected chi connectivity index (χ1v) is 4.36. The molecule has 0 aromatic heterocycles. The first kappa shape index (κ1) is 10.9. The van der Waals surface area contributed by atoms with Gasteiger partial charge in [-0.3, -0.25) is 0 Å². The van der Waals surface area contributed by atoms with Crippen molar-refractivity contribution in [1.29, 1.82) is 0 Å². The van der Waals surface area contributed by atoms with Gasteiger partial charge in [0, 0.05) is 13.2 Å². The van der Waals surface area contributed by atoms with Gasteiger partial charge in [0.15, 0.2) is 0 Å². The number of methoxy groups -OCH3 is 1. The fourth-order valence-electron chi connectivity index (χ4n) is 0.878. The molecule has 11 heavy (non-hydrogen) atoms. The largest absolute Gasteiger partial charge is 0.382 e. The highest BCUT2D eigenvalue weighted by atomic mass is 16.5. The Morgan fingerprint density at radius 2 is 1.73 bits per heavy atom. The predicted molar refractivity (Wildman–Crippen MR) is 48.5 cm³/mol. The van der Waals surface area contributed by atoms with Gasteiger partial charge >= 0.3 is 0 Å². The Labute approximate surface area is 70.1 Å². The minimum Gasteiger partial charge on any atom is -0.382 e. The molecule has 0 heterocycles. The van der Waals surface area contributed by atoms with Gasteiger partial charge in [-0.15, -0.1) is 0 Å². The van der Waals surface area contributed by atoms with Crippen LogP contribution in [-0.4, -0.2) is 19.3 Å². The molecule has 0 spiro atoms. The average Bonchev–Trinajstić information content (AvgIpc) is 1.99. The highest BCUT2D eigenvalue weighted by Gasteiger charge is 2.08. The molecular weight excluding hydrogens is 138 g/mol. The number of rotatable bonds is 5. The summed E-state index contributed by atoms with van der Waals surface area (Å²) < 4.78 is 5.12. The highest BCUT2D eigenvalue weighted by molar-refractivity contribution is 4.66. The fraction of sp³-hybridized carbons (Fsp3) is 1.00. The Bertz CT molecular complexity index is 93.6. The standard InChI is InChI=1S/C9H21NO/c1-7(2)9(10)6-5-8(3)11-4/h7-9H,5-6,10H2,1-4H3. The van der Waals surface area contributed by atoms with Crippen LogP contribution in [0, 0.1) is 5.92 Å². The molecule has 0 fully saturated rings. The van der Waals surface area contributed by atoms with Gasteiger partial charge in [0.05, 0.1) is 6.10 Å². The van der Waals surface area contributed by atoms with Crippen LogP contribution in [0.15, 0.2) is 0 Å². The minimum absolute atomic E-state index is 0.326. The lowest BCUT2D eigenvalue weighted by molar-refractivity contribution is 0.106. The van der Waals surface area contributed by atoms with E-state index in [9.17, 15) is 0 Å². The molecule has 0 bridgehead atoms. The third-order valence-electron chi connectivity index (χ3n) is 2.17. The summed E-state index contributed by atoms with van der Waals surface area (Å²) in [5, 5.41) is 0. The molecule has 0 radical (unpaired) electrons. The molecule has 0 rings (SSSR count). The molecule has 2 N–H and O–H groups in total. The second-order valence-electron chi connectivity index (χ2n) is 3.53. The van der Waals surface area contributed by atoms with Crippen molar-refractivity contribution in [2.45, 2.75) is 45.8 Å². The van der Waals surface area contributed by atoms with Gasteiger partial charge in [0.25, 0.3) is 0 Å². The fourth-order valence-corrected chi connectivity index (χ4v) is 0.878. The smallest absolute Gasteiger partial charge is 0.0543 e. The average molecular weight is 159 g/mol. The quantitative estimate of drug-likeness (QED) is 0.663. The highest BCUT2D eigenvalue weighted by Crippen LogP contribution is 2.08. The Kier molecular flexibility index (Phi) is 5.51. The normalized spacial score (nSPS) is 16.9. The summed E-state index contributed by atoms with van der Waals surface area (Å²) in [5.41, 5.74) is 5.86. The molecular formula is C9H21NO. The summed E-state index contributed by atoms with van der Waals surface area (Å²) in [5.74, 6) is 0.582. The van der Waals surface area contributed by atoms with E-state index in [1.54, 1.807) is 7.11 Å². The van der Waals surface area contributed by atoms with Gasteiger partial charge in [-0.1, -0.05) is 13.8 Å². The van der Waals surface area contributed by atoms with E-state index in [0.717, 1.165) is 12.8 Å². The Hall–Kier alpha value is -0.0800. The third-order valence-corrected chi connectivity index (χ3v) is 2.17. The van der Waals surface area contributed by atoms with Crippen LogP contribution in [0.1, 0.15) is 33.6 Å².